The van der Waals surface area contributed by atoms with Gasteiger partial charge < -0.3 is 16.0 Å². The normalized spacial score (nSPS) is 13.2. The summed E-state index contributed by atoms with van der Waals surface area (Å²) in [6, 6.07) is 14.7. The topological polar surface area (TPSA) is 70.2 Å². The van der Waals surface area contributed by atoms with E-state index >= 15 is 0 Å². The standard InChI is InChI=1S/C19H20ClN3O2/c20-17-4-2-1-3-13(17)5-12-18(24)21-14-6-8-15(9-7-14)22-19(25)23-16-10-11-16/h1-4,6-9,16H,5,10-12H2,(H,21,24)(H2,22,23,25). The van der Waals surface area contributed by atoms with Gasteiger partial charge in [-0.1, -0.05) is 29.8 Å². The lowest BCUT2D eigenvalue weighted by atomic mass is 10.1. The van der Waals surface area contributed by atoms with Crippen molar-refractivity contribution >= 4 is 34.9 Å². The second kappa shape index (κ2) is 8.03. The molecule has 0 heterocycles. The Balaban J connectivity index is 1.46. The Morgan fingerprint density at radius 2 is 1.60 bits per heavy atom. The lowest BCUT2D eigenvalue weighted by molar-refractivity contribution is -0.116. The average molecular weight is 358 g/mol. The third-order valence-electron chi connectivity index (χ3n) is 3.92. The van der Waals surface area contributed by atoms with Gasteiger partial charge in [0, 0.05) is 28.9 Å². The van der Waals surface area contributed by atoms with Crippen LogP contribution in [0.3, 0.4) is 0 Å². The predicted octanol–water partition coefficient (Wildman–Crippen LogP) is 4.20. The first-order chi connectivity index (χ1) is 12.1. The molecule has 3 amide bonds. The molecule has 6 heteroatoms. The minimum absolute atomic E-state index is 0.0768. The molecule has 1 fully saturated rings. The summed E-state index contributed by atoms with van der Waals surface area (Å²) in [7, 11) is 0. The molecule has 0 aliphatic heterocycles. The van der Waals surface area contributed by atoms with E-state index in [4.69, 9.17) is 11.6 Å². The van der Waals surface area contributed by atoms with Gasteiger partial charge in [-0.3, -0.25) is 4.79 Å². The van der Waals surface area contributed by atoms with Crippen molar-refractivity contribution in [1.29, 1.82) is 0 Å². The highest BCUT2D eigenvalue weighted by Crippen LogP contribution is 2.20. The molecule has 5 nitrogen and oxygen atoms in total. The van der Waals surface area contributed by atoms with E-state index in [2.05, 4.69) is 16.0 Å². The Labute approximate surface area is 151 Å². The van der Waals surface area contributed by atoms with Crippen molar-refractivity contribution in [3.05, 3.63) is 59.1 Å². The van der Waals surface area contributed by atoms with Gasteiger partial charge in [-0.05, 0) is 55.2 Å². The van der Waals surface area contributed by atoms with E-state index in [0.29, 0.717) is 35.3 Å². The summed E-state index contributed by atoms with van der Waals surface area (Å²) in [5.74, 6) is -0.0768. The number of carbonyl (C=O) groups excluding carboxylic acids is 2. The molecule has 25 heavy (non-hydrogen) atoms. The van der Waals surface area contributed by atoms with Crippen molar-refractivity contribution in [3.8, 4) is 0 Å². The Morgan fingerprint density at radius 1 is 0.960 bits per heavy atom. The number of anilines is 2. The van der Waals surface area contributed by atoms with Gasteiger partial charge in [0.1, 0.15) is 0 Å². The van der Waals surface area contributed by atoms with Crippen LogP contribution in [0.25, 0.3) is 0 Å². The molecule has 3 N–H and O–H groups in total. The number of benzene rings is 2. The summed E-state index contributed by atoms with van der Waals surface area (Å²) in [5.41, 5.74) is 2.34. The predicted molar refractivity (Wildman–Crippen MR) is 100 cm³/mol. The van der Waals surface area contributed by atoms with Crippen LogP contribution >= 0.6 is 11.6 Å². The molecular formula is C19H20ClN3O2. The minimum atomic E-state index is -0.195. The molecule has 0 atom stereocenters. The van der Waals surface area contributed by atoms with Gasteiger partial charge in [-0.2, -0.15) is 0 Å². The fourth-order valence-corrected chi connectivity index (χ4v) is 2.62. The zero-order chi connectivity index (χ0) is 17.6. The lowest BCUT2D eigenvalue weighted by Gasteiger charge is -2.09. The van der Waals surface area contributed by atoms with Crippen LogP contribution in [0.2, 0.25) is 5.02 Å². The maximum atomic E-state index is 12.1. The van der Waals surface area contributed by atoms with E-state index in [1.54, 1.807) is 24.3 Å². The van der Waals surface area contributed by atoms with Crippen LogP contribution in [0.5, 0.6) is 0 Å². The molecule has 0 saturated heterocycles. The highest BCUT2D eigenvalue weighted by Gasteiger charge is 2.23. The number of aryl methyl sites for hydroxylation is 1. The molecule has 2 aromatic rings. The van der Waals surface area contributed by atoms with E-state index in [0.717, 1.165) is 18.4 Å². The summed E-state index contributed by atoms with van der Waals surface area (Å²) >= 11 is 6.09. The Kier molecular flexibility index (Phi) is 5.56. The quantitative estimate of drug-likeness (QED) is 0.725. The fourth-order valence-electron chi connectivity index (χ4n) is 2.39. The molecular weight excluding hydrogens is 338 g/mol. The molecule has 1 aliphatic rings. The van der Waals surface area contributed by atoms with Gasteiger partial charge in [0.05, 0.1) is 0 Å². The monoisotopic (exact) mass is 357 g/mol. The number of urea groups is 1. The zero-order valence-corrected chi connectivity index (χ0v) is 14.5. The first-order valence-electron chi connectivity index (χ1n) is 8.31. The summed E-state index contributed by atoms with van der Waals surface area (Å²) < 4.78 is 0. The molecule has 130 valence electrons. The van der Waals surface area contributed by atoms with E-state index in [9.17, 15) is 9.59 Å². The Morgan fingerprint density at radius 3 is 2.24 bits per heavy atom. The van der Waals surface area contributed by atoms with Crippen LogP contribution in [0.4, 0.5) is 16.2 Å². The number of nitrogens with one attached hydrogen (secondary N) is 3. The van der Waals surface area contributed by atoms with Crippen LogP contribution in [-0.2, 0) is 11.2 Å². The van der Waals surface area contributed by atoms with Crippen molar-refractivity contribution in [1.82, 2.24) is 5.32 Å². The second-order valence-corrected chi connectivity index (χ2v) is 6.50. The fraction of sp³-hybridized carbons (Fsp3) is 0.263. The number of carbonyl (C=O) groups is 2. The van der Waals surface area contributed by atoms with E-state index in [1.165, 1.54) is 0 Å². The molecule has 3 rings (SSSR count). The number of rotatable bonds is 6. The van der Waals surface area contributed by atoms with Crippen LogP contribution in [0.1, 0.15) is 24.8 Å². The third kappa shape index (κ3) is 5.50. The first-order valence-corrected chi connectivity index (χ1v) is 8.69. The average Bonchev–Trinajstić information content (AvgIpc) is 3.40. The maximum absolute atomic E-state index is 12.1. The van der Waals surface area contributed by atoms with Gasteiger partial charge >= 0.3 is 6.03 Å². The molecule has 1 saturated carbocycles. The van der Waals surface area contributed by atoms with Crippen LogP contribution in [0.15, 0.2) is 48.5 Å². The summed E-state index contributed by atoms with van der Waals surface area (Å²) in [5, 5.41) is 9.14. The largest absolute Gasteiger partial charge is 0.335 e. The Bertz CT molecular complexity index is 758. The van der Waals surface area contributed by atoms with E-state index in [-0.39, 0.29) is 11.9 Å². The third-order valence-corrected chi connectivity index (χ3v) is 4.29. The van der Waals surface area contributed by atoms with Gasteiger partial charge in [-0.15, -0.1) is 0 Å². The number of amides is 3. The van der Waals surface area contributed by atoms with Crippen molar-refractivity contribution in [2.45, 2.75) is 31.7 Å². The summed E-state index contributed by atoms with van der Waals surface area (Å²) in [6.07, 6.45) is 3.04. The SMILES string of the molecule is O=C(CCc1ccccc1Cl)Nc1ccc(NC(=O)NC2CC2)cc1. The smallest absolute Gasteiger partial charge is 0.319 e. The van der Waals surface area contributed by atoms with Crippen LogP contribution in [0, 0.1) is 0 Å². The molecule has 1 aliphatic carbocycles. The van der Waals surface area contributed by atoms with Crippen molar-refractivity contribution in [2.75, 3.05) is 10.6 Å². The molecule has 0 aromatic heterocycles. The van der Waals surface area contributed by atoms with Gasteiger partial charge in [0.15, 0.2) is 0 Å². The second-order valence-electron chi connectivity index (χ2n) is 6.09. The molecule has 2 aromatic carbocycles. The summed E-state index contributed by atoms with van der Waals surface area (Å²) in [4.78, 5) is 23.7. The number of halogens is 1. The van der Waals surface area contributed by atoms with Gasteiger partial charge in [-0.25, -0.2) is 4.79 Å². The molecule has 0 spiro atoms. The van der Waals surface area contributed by atoms with Crippen molar-refractivity contribution < 1.29 is 9.59 Å². The Hall–Kier alpha value is -2.53. The number of hydrogen-bond acceptors (Lipinski definition) is 2. The summed E-state index contributed by atoms with van der Waals surface area (Å²) in [6.45, 7) is 0. The first kappa shape index (κ1) is 17.3. The van der Waals surface area contributed by atoms with Crippen LogP contribution in [-0.4, -0.2) is 18.0 Å². The zero-order valence-electron chi connectivity index (χ0n) is 13.7. The van der Waals surface area contributed by atoms with Crippen molar-refractivity contribution in [2.24, 2.45) is 0 Å². The highest BCUT2D eigenvalue weighted by atomic mass is 35.5. The maximum Gasteiger partial charge on any atom is 0.319 e. The van der Waals surface area contributed by atoms with Crippen molar-refractivity contribution in [3.63, 3.8) is 0 Å². The molecule has 0 bridgehead atoms. The highest BCUT2D eigenvalue weighted by molar-refractivity contribution is 6.31. The lowest BCUT2D eigenvalue weighted by Crippen LogP contribution is -2.30. The van der Waals surface area contributed by atoms with E-state index < -0.39 is 0 Å². The van der Waals surface area contributed by atoms with Gasteiger partial charge in [0.2, 0.25) is 5.91 Å². The molecule has 0 radical (unpaired) electrons. The molecule has 0 unspecified atom stereocenters. The van der Waals surface area contributed by atoms with Crippen LogP contribution < -0.4 is 16.0 Å². The minimum Gasteiger partial charge on any atom is -0.335 e. The number of hydrogen-bond donors (Lipinski definition) is 3. The van der Waals surface area contributed by atoms with E-state index in [1.807, 2.05) is 24.3 Å². The van der Waals surface area contributed by atoms with Gasteiger partial charge in [0.25, 0.3) is 0 Å².